The third-order valence-corrected chi connectivity index (χ3v) is 1.44. The van der Waals surface area contributed by atoms with E-state index in [0.717, 1.165) is 0 Å². The van der Waals surface area contributed by atoms with Crippen LogP contribution in [-0.4, -0.2) is 28.3 Å². The van der Waals surface area contributed by atoms with E-state index in [1.807, 2.05) is 0 Å². The van der Waals surface area contributed by atoms with Crippen LogP contribution in [0.1, 0.15) is 13.8 Å². The number of hydrogen-bond donors (Lipinski definition) is 2. The number of nitrogens with zero attached hydrogens (tertiary/aromatic N) is 3. The maximum absolute atomic E-state index is 10.4. The summed E-state index contributed by atoms with van der Waals surface area (Å²) >= 11 is 0. The molecule has 0 bridgehead atoms. The van der Waals surface area contributed by atoms with Crippen molar-refractivity contribution in [1.82, 2.24) is 0 Å². The minimum absolute atomic E-state index is 0.253. The summed E-state index contributed by atoms with van der Waals surface area (Å²) < 4.78 is 0. The summed E-state index contributed by atoms with van der Waals surface area (Å²) in [5.41, 5.74) is 8.00. The lowest BCUT2D eigenvalue weighted by Gasteiger charge is -2.17. The van der Waals surface area contributed by atoms with Gasteiger partial charge in [0.1, 0.15) is 0 Å². The van der Waals surface area contributed by atoms with Crippen molar-refractivity contribution in [2.24, 2.45) is 11.0 Å². The number of aliphatic carboxylic acids is 1. The van der Waals surface area contributed by atoms with Gasteiger partial charge >= 0.3 is 5.97 Å². The quantitative estimate of drug-likeness (QED) is 0.372. The Kier molecular flexibility index (Phi) is 4.10. The van der Waals surface area contributed by atoms with Gasteiger partial charge in [0.2, 0.25) is 0 Å². The van der Waals surface area contributed by atoms with Crippen LogP contribution >= 0.6 is 0 Å². The number of aliphatic hydroxyl groups is 1. The predicted octanol–water partition coefficient (Wildman–Crippen LogP) is 0.767. The normalized spacial score (nSPS) is 15.0. The molecule has 0 aliphatic heterocycles. The first-order chi connectivity index (χ1) is 5.50. The van der Waals surface area contributed by atoms with E-state index >= 15 is 0 Å². The Bertz CT molecular complexity index is 208. The molecule has 0 aromatic rings. The molecule has 0 amide bonds. The lowest BCUT2D eigenvalue weighted by Crippen LogP contribution is -2.35. The van der Waals surface area contributed by atoms with Gasteiger partial charge in [0.25, 0.3) is 0 Å². The van der Waals surface area contributed by atoms with E-state index in [2.05, 4.69) is 10.0 Å². The fourth-order valence-electron chi connectivity index (χ4n) is 0.684. The summed E-state index contributed by atoms with van der Waals surface area (Å²) in [6.45, 7) is 3.29. The maximum Gasteiger partial charge on any atom is 0.315 e. The molecule has 0 radical (unpaired) electrons. The molecule has 0 spiro atoms. The van der Waals surface area contributed by atoms with E-state index in [1.165, 1.54) is 0 Å². The zero-order chi connectivity index (χ0) is 9.72. The van der Waals surface area contributed by atoms with Crippen LogP contribution in [0.25, 0.3) is 10.4 Å². The zero-order valence-electron chi connectivity index (χ0n) is 6.88. The van der Waals surface area contributed by atoms with Crippen molar-refractivity contribution in [3.8, 4) is 0 Å². The SMILES string of the molecule is CC(C)[C@@H](O)[C@H](N=[N+]=[N-])C(=O)O. The van der Waals surface area contributed by atoms with Gasteiger partial charge in [0.05, 0.1) is 6.10 Å². The molecule has 0 aliphatic carbocycles. The molecule has 2 atom stereocenters. The van der Waals surface area contributed by atoms with Crippen molar-refractivity contribution < 1.29 is 15.0 Å². The Balaban J connectivity index is 4.50. The lowest BCUT2D eigenvalue weighted by molar-refractivity contribution is -0.141. The molecule has 0 rings (SSSR count). The number of carboxylic acids is 1. The van der Waals surface area contributed by atoms with Crippen molar-refractivity contribution in [3.05, 3.63) is 10.4 Å². The molecule has 0 saturated heterocycles. The van der Waals surface area contributed by atoms with Crippen molar-refractivity contribution in [2.75, 3.05) is 0 Å². The molecule has 68 valence electrons. The number of aliphatic hydroxyl groups excluding tert-OH is 1. The Morgan fingerprint density at radius 1 is 1.58 bits per heavy atom. The van der Waals surface area contributed by atoms with E-state index in [1.54, 1.807) is 13.8 Å². The molecule has 0 fully saturated rings. The summed E-state index contributed by atoms with van der Waals surface area (Å²) in [5, 5.41) is 20.7. The second kappa shape index (κ2) is 4.58. The number of carbonyl (C=O) groups is 1. The molecular weight excluding hydrogens is 162 g/mol. The third kappa shape index (κ3) is 2.77. The summed E-state index contributed by atoms with van der Waals surface area (Å²) in [4.78, 5) is 12.8. The van der Waals surface area contributed by atoms with Gasteiger partial charge in [0.15, 0.2) is 6.04 Å². The van der Waals surface area contributed by atoms with Gasteiger partial charge in [-0.3, -0.25) is 4.79 Å². The molecule has 0 aromatic heterocycles. The molecule has 0 saturated carbocycles. The van der Waals surface area contributed by atoms with Gasteiger partial charge in [-0.1, -0.05) is 19.0 Å². The van der Waals surface area contributed by atoms with E-state index in [0.29, 0.717) is 0 Å². The molecule has 2 N–H and O–H groups in total. The molecule has 0 heterocycles. The molecular formula is C6H11N3O3. The topological polar surface area (TPSA) is 106 Å². The van der Waals surface area contributed by atoms with Crippen LogP contribution in [-0.2, 0) is 4.79 Å². The van der Waals surface area contributed by atoms with E-state index in [9.17, 15) is 9.90 Å². The molecule has 6 nitrogen and oxygen atoms in total. The fourth-order valence-corrected chi connectivity index (χ4v) is 0.684. The molecule has 0 aromatic carbocycles. The maximum atomic E-state index is 10.4. The van der Waals surface area contributed by atoms with E-state index in [-0.39, 0.29) is 5.92 Å². The lowest BCUT2D eigenvalue weighted by atomic mass is 10.0. The summed E-state index contributed by atoms with van der Waals surface area (Å²) in [6.07, 6.45) is -1.14. The zero-order valence-corrected chi connectivity index (χ0v) is 6.88. The monoisotopic (exact) mass is 173 g/mol. The van der Waals surface area contributed by atoms with Crippen LogP contribution < -0.4 is 0 Å². The first kappa shape index (κ1) is 10.7. The largest absolute Gasteiger partial charge is 0.481 e. The molecule has 12 heavy (non-hydrogen) atoms. The fraction of sp³-hybridized carbons (Fsp3) is 0.833. The highest BCUT2D eigenvalue weighted by atomic mass is 16.4. The standard InChI is InChI=1S/C6H11N3O3/c1-3(2)5(10)4(6(11)12)8-9-7/h3-5,10H,1-2H3,(H,11,12)/t4-,5+/m0/s1. The Morgan fingerprint density at radius 3 is 2.33 bits per heavy atom. The first-order valence-electron chi connectivity index (χ1n) is 3.45. The second-order valence-electron chi connectivity index (χ2n) is 2.72. The van der Waals surface area contributed by atoms with Gasteiger partial charge in [-0.25, -0.2) is 0 Å². The number of carboxylic acid groups (broad SMARTS) is 1. The number of rotatable bonds is 4. The van der Waals surface area contributed by atoms with Crippen LogP contribution in [0.2, 0.25) is 0 Å². The van der Waals surface area contributed by atoms with E-state index < -0.39 is 18.1 Å². The molecule has 0 aliphatic rings. The van der Waals surface area contributed by atoms with Crippen LogP contribution in [0.3, 0.4) is 0 Å². The average Bonchev–Trinajstić information content (AvgIpc) is 1.98. The van der Waals surface area contributed by atoms with E-state index in [4.69, 9.17) is 10.6 Å². The summed E-state index contributed by atoms with van der Waals surface area (Å²) in [6, 6.07) is -1.39. The Morgan fingerprint density at radius 2 is 2.08 bits per heavy atom. The molecule has 6 heteroatoms. The second-order valence-corrected chi connectivity index (χ2v) is 2.72. The Hall–Kier alpha value is -1.26. The highest BCUT2D eigenvalue weighted by Crippen LogP contribution is 2.09. The average molecular weight is 173 g/mol. The summed E-state index contributed by atoms with van der Waals surface area (Å²) in [7, 11) is 0. The highest BCUT2D eigenvalue weighted by molar-refractivity contribution is 5.74. The van der Waals surface area contributed by atoms with Crippen LogP contribution in [0.4, 0.5) is 0 Å². The van der Waals surface area contributed by atoms with Gasteiger partial charge in [0, 0.05) is 4.91 Å². The van der Waals surface area contributed by atoms with Gasteiger partial charge in [-0.2, -0.15) is 0 Å². The Labute approximate surface area is 69.4 Å². The smallest absolute Gasteiger partial charge is 0.315 e. The molecule has 0 unspecified atom stereocenters. The van der Waals surface area contributed by atoms with Crippen molar-refractivity contribution >= 4 is 5.97 Å². The minimum atomic E-state index is -1.39. The number of azide groups is 1. The van der Waals surface area contributed by atoms with Crippen molar-refractivity contribution in [3.63, 3.8) is 0 Å². The van der Waals surface area contributed by atoms with Gasteiger partial charge in [-0.05, 0) is 11.4 Å². The van der Waals surface area contributed by atoms with Crippen LogP contribution in [0.5, 0.6) is 0 Å². The predicted molar refractivity (Wildman–Crippen MR) is 41.4 cm³/mol. The summed E-state index contributed by atoms with van der Waals surface area (Å²) in [5.74, 6) is -1.56. The minimum Gasteiger partial charge on any atom is -0.481 e. The van der Waals surface area contributed by atoms with Gasteiger partial charge in [-0.15, -0.1) is 0 Å². The third-order valence-electron chi connectivity index (χ3n) is 1.44. The van der Waals surface area contributed by atoms with Crippen LogP contribution in [0, 0.1) is 5.92 Å². The van der Waals surface area contributed by atoms with Crippen molar-refractivity contribution in [1.29, 1.82) is 0 Å². The van der Waals surface area contributed by atoms with Crippen LogP contribution in [0.15, 0.2) is 5.11 Å². The number of hydrogen-bond acceptors (Lipinski definition) is 3. The highest BCUT2D eigenvalue weighted by Gasteiger charge is 2.27. The first-order valence-corrected chi connectivity index (χ1v) is 3.45. The van der Waals surface area contributed by atoms with Gasteiger partial charge < -0.3 is 10.2 Å². The van der Waals surface area contributed by atoms with Crippen molar-refractivity contribution in [2.45, 2.75) is 26.0 Å².